The molecule has 0 radical (unpaired) electrons. The summed E-state index contributed by atoms with van der Waals surface area (Å²) in [6.07, 6.45) is 0. The Bertz CT molecular complexity index is 357. The SMILES string of the molecule is CC(C)(C)OCC(=O)NCc1ccc(Br)s1. The molecule has 1 aromatic heterocycles. The van der Waals surface area contributed by atoms with E-state index in [1.54, 1.807) is 11.3 Å². The first kappa shape index (κ1) is 13.7. The molecule has 0 spiro atoms. The number of amides is 1. The molecule has 0 fully saturated rings. The van der Waals surface area contributed by atoms with E-state index in [-0.39, 0.29) is 18.1 Å². The average molecular weight is 306 g/mol. The first-order valence-corrected chi connectivity index (χ1v) is 6.62. The minimum absolute atomic E-state index is 0.0838. The van der Waals surface area contributed by atoms with Gasteiger partial charge in [-0.05, 0) is 48.8 Å². The lowest BCUT2D eigenvalue weighted by Crippen LogP contribution is -2.31. The van der Waals surface area contributed by atoms with Crippen molar-refractivity contribution in [2.24, 2.45) is 0 Å². The van der Waals surface area contributed by atoms with E-state index in [0.717, 1.165) is 8.66 Å². The molecule has 0 aliphatic carbocycles. The number of halogens is 1. The second-order valence-electron chi connectivity index (χ2n) is 4.38. The fraction of sp³-hybridized carbons (Fsp3) is 0.545. The van der Waals surface area contributed by atoms with Gasteiger partial charge in [-0.1, -0.05) is 0 Å². The quantitative estimate of drug-likeness (QED) is 0.929. The fourth-order valence-electron chi connectivity index (χ4n) is 0.966. The molecule has 90 valence electrons. The Morgan fingerprint density at radius 2 is 2.19 bits per heavy atom. The first-order chi connectivity index (χ1) is 7.37. The molecule has 16 heavy (non-hydrogen) atoms. The molecule has 3 nitrogen and oxygen atoms in total. The van der Waals surface area contributed by atoms with Crippen LogP contribution < -0.4 is 5.32 Å². The van der Waals surface area contributed by atoms with Gasteiger partial charge in [-0.3, -0.25) is 4.79 Å². The number of nitrogens with one attached hydrogen (secondary N) is 1. The summed E-state index contributed by atoms with van der Waals surface area (Å²) in [6, 6.07) is 3.96. The van der Waals surface area contributed by atoms with Gasteiger partial charge < -0.3 is 10.1 Å². The van der Waals surface area contributed by atoms with Crippen molar-refractivity contribution in [2.75, 3.05) is 6.61 Å². The number of hydrogen-bond acceptors (Lipinski definition) is 3. The normalized spacial score (nSPS) is 11.5. The molecule has 0 aromatic carbocycles. The lowest BCUT2D eigenvalue weighted by Gasteiger charge is -2.18. The zero-order valence-electron chi connectivity index (χ0n) is 9.67. The summed E-state index contributed by atoms with van der Waals surface area (Å²) in [5.41, 5.74) is -0.275. The maximum absolute atomic E-state index is 11.4. The minimum atomic E-state index is -0.275. The van der Waals surface area contributed by atoms with Crippen LogP contribution in [0.4, 0.5) is 0 Å². The van der Waals surface area contributed by atoms with Crippen LogP contribution >= 0.6 is 27.3 Å². The molecule has 0 atom stereocenters. The summed E-state index contributed by atoms with van der Waals surface area (Å²) >= 11 is 4.99. The van der Waals surface area contributed by atoms with Crippen LogP contribution in [0.3, 0.4) is 0 Å². The van der Waals surface area contributed by atoms with E-state index in [9.17, 15) is 4.79 Å². The van der Waals surface area contributed by atoms with Crippen molar-refractivity contribution in [3.05, 3.63) is 20.8 Å². The Labute approximate surface area is 108 Å². The van der Waals surface area contributed by atoms with E-state index >= 15 is 0 Å². The van der Waals surface area contributed by atoms with Gasteiger partial charge in [0.05, 0.1) is 15.9 Å². The lowest BCUT2D eigenvalue weighted by atomic mass is 10.2. The molecule has 1 heterocycles. The number of carbonyl (C=O) groups excluding carboxylic acids is 1. The second kappa shape index (κ2) is 5.80. The van der Waals surface area contributed by atoms with Crippen LogP contribution in [0, 0.1) is 0 Å². The van der Waals surface area contributed by atoms with Gasteiger partial charge in [-0.25, -0.2) is 0 Å². The van der Waals surface area contributed by atoms with Crippen LogP contribution in [-0.2, 0) is 16.1 Å². The molecule has 1 N–H and O–H groups in total. The van der Waals surface area contributed by atoms with Gasteiger partial charge >= 0.3 is 0 Å². The summed E-state index contributed by atoms with van der Waals surface area (Å²) in [7, 11) is 0. The third-order valence-corrected chi connectivity index (χ3v) is 3.35. The number of hydrogen-bond donors (Lipinski definition) is 1. The molecular formula is C11H16BrNO2S. The van der Waals surface area contributed by atoms with Crippen molar-refractivity contribution >= 4 is 33.2 Å². The highest BCUT2D eigenvalue weighted by molar-refractivity contribution is 9.11. The third-order valence-electron chi connectivity index (χ3n) is 1.72. The molecule has 0 aliphatic rings. The summed E-state index contributed by atoms with van der Waals surface area (Å²) in [6.45, 7) is 6.45. The van der Waals surface area contributed by atoms with Crippen LogP contribution in [-0.4, -0.2) is 18.1 Å². The number of ether oxygens (including phenoxy) is 1. The molecule has 0 bridgehead atoms. The molecule has 0 saturated carbocycles. The highest BCUT2D eigenvalue weighted by Gasteiger charge is 2.12. The van der Waals surface area contributed by atoms with Gasteiger partial charge in [0.25, 0.3) is 0 Å². The van der Waals surface area contributed by atoms with Crippen LogP contribution in [0.1, 0.15) is 25.6 Å². The topological polar surface area (TPSA) is 38.3 Å². The predicted octanol–water partition coefficient (Wildman–Crippen LogP) is 2.94. The van der Waals surface area contributed by atoms with Crippen LogP contribution in [0.2, 0.25) is 0 Å². The average Bonchev–Trinajstić information content (AvgIpc) is 2.57. The van der Waals surface area contributed by atoms with Crippen LogP contribution in [0.15, 0.2) is 15.9 Å². The van der Waals surface area contributed by atoms with E-state index in [0.29, 0.717) is 6.54 Å². The van der Waals surface area contributed by atoms with Gasteiger partial charge in [0.15, 0.2) is 0 Å². The molecule has 1 amide bonds. The molecule has 0 unspecified atom stereocenters. The number of thiophene rings is 1. The lowest BCUT2D eigenvalue weighted by molar-refractivity contribution is -0.130. The van der Waals surface area contributed by atoms with E-state index in [2.05, 4.69) is 21.2 Å². The summed E-state index contributed by atoms with van der Waals surface area (Å²) < 4.78 is 6.44. The zero-order chi connectivity index (χ0) is 12.2. The Kier molecular flexibility index (Phi) is 4.95. The van der Waals surface area contributed by atoms with Gasteiger partial charge in [0.1, 0.15) is 6.61 Å². The monoisotopic (exact) mass is 305 g/mol. The van der Waals surface area contributed by atoms with Crippen LogP contribution in [0.5, 0.6) is 0 Å². The highest BCUT2D eigenvalue weighted by atomic mass is 79.9. The smallest absolute Gasteiger partial charge is 0.246 e. The van der Waals surface area contributed by atoms with Crippen molar-refractivity contribution in [3.8, 4) is 0 Å². The predicted molar refractivity (Wildman–Crippen MR) is 69.6 cm³/mol. The van der Waals surface area contributed by atoms with Gasteiger partial charge in [-0.15, -0.1) is 11.3 Å². The van der Waals surface area contributed by atoms with Crippen LogP contribution in [0.25, 0.3) is 0 Å². The minimum Gasteiger partial charge on any atom is -0.366 e. The maximum Gasteiger partial charge on any atom is 0.246 e. The Morgan fingerprint density at radius 3 is 2.69 bits per heavy atom. The van der Waals surface area contributed by atoms with Crippen molar-refractivity contribution < 1.29 is 9.53 Å². The molecular weight excluding hydrogens is 290 g/mol. The van der Waals surface area contributed by atoms with E-state index < -0.39 is 0 Å². The summed E-state index contributed by atoms with van der Waals surface area (Å²) in [5, 5.41) is 2.81. The van der Waals surface area contributed by atoms with Crippen molar-refractivity contribution in [2.45, 2.75) is 32.9 Å². The number of carbonyl (C=O) groups is 1. The Morgan fingerprint density at radius 1 is 1.50 bits per heavy atom. The Hall–Kier alpha value is -0.390. The second-order valence-corrected chi connectivity index (χ2v) is 6.93. The molecule has 1 aromatic rings. The van der Waals surface area contributed by atoms with Crippen molar-refractivity contribution in [1.82, 2.24) is 5.32 Å². The maximum atomic E-state index is 11.4. The summed E-state index contributed by atoms with van der Waals surface area (Å²) in [4.78, 5) is 12.5. The molecule has 1 rings (SSSR count). The van der Waals surface area contributed by atoms with E-state index in [1.165, 1.54) is 0 Å². The molecule has 0 aliphatic heterocycles. The number of rotatable bonds is 4. The molecule has 0 saturated heterocycles. The van der Waals surface area contributed by atoms with Gasteiger partial charge in [0, 0.05) is 4.88 Å². The van der Waals surface area contributed by atoms with Gasteiger partial charge in [-0.2, -0.15) is 0 Å². The van der Waals surface area contributed by atoms with E-state index in [1.807, 2.05) is 32.9 Å². The molecule has 5 heteroatoms. The van der Waals surface area contributed by atoms with Crippen molar-refractivity contribution in [1.29, 1.82) is 0 Å². The highest BCUT2D eigenvalue weighted by Crippen LogP contribution is 2.21. The Balaban J connectivity index is 2.25. The zero-order valence-corrected chi connectivity index (χ0v) is 12.1. The summed E-state index contributed by atoms with van der Waals surface area (Å²) in [5.74, 6) is -0.0838. The fourth-order valence-corrected chi connectivity index (χ4v) is 2.39. The largest absolute Gasteiger partial charge is 0.366 e. The van der Waals surface area contributed by atoms with Gasteiger partial charge in [0.2, 0.25) is 5.91 Å². The third kappa shape index (κ3) is 5.63. The van der Waals surface area contributed by atoms with Crippen molar-refractivity contribution in [3.63, 3.8) is 0 Å². The first-order valence-electron chi connectivity index (χ1n) is 5.02. The van der Waals surface area contributed by atoms with E-state index in [4.69, 9.17) is 4.74 Å². The standard InChI is InChI=1S/C11H16BrNO2S/c1-11(2,3)15-7-10(14)13-6-8-4-5-9(12)16-8/h4-5H,6-7H2,1-3H3,(H,13,14).